The van der Waals surface area contributed by atoms with Crippen LogP contribution < -0.4 is 0 Å². The maximum absolute atomic E-state index is 11.9. The van der Waals surface area contributed by atoms with Gasteiger partial charge >= 0.3 is 0 Å². The van der Waals surface area contributed by atoms with E-state index in [0.29, 0.717) is 0 Å². The Morgan fingerprint density at radius 1 is 1.06 bits per heavy atom. The summed E-state index contributed by atoms with van der Waals surface area (Å²) < 4.78 is 27.8. The number of halogens is 1. The molecule has 0 atom stereocenters. The SMILES string of the molecule is O=C1C=C/C(=N/S(=O)(=O)c2ccccc2)C=C1Br. The molecule has 0 saturated carbocycles. The largest absolute Gasteiger partial charge is 0.289 e. The molecule has 0 aromatic heterocycles. The number of benzene rings is 1. The molecule has 0 saturated heterocycles. The highest BCUT2D eigenvalue weighted by molar-refractivity contribution is 9.12. The van der Waals surface area contributed by atoms with E-state index in [4.69, 9.17) is 0 Å². The number of hydrogen-bond acceptors (Lipinski definition) is 3. The molecule has 2 rings (SSSR count). The van der Waals surface area contributed by atoms with Gasteiger partial charge in [0.05, 0.1) is 15.1 Å². The van der Waals surface area contributed by atoms with E-state index in [1.54, 1.807) is 18.2 Å². The van der Waals surface area contributed by atoms with Gasteiger partial charge in [0.2, 0.25) is 0 Å². The summed E-state index contributed by atoms with van der Waals surface area (Å²) in [7, 11) is -3.74. The van der Waals surface area contributed by atoms with E-state index in [-0.39, 0.29) is 20.9 Å². The fourth-order valence-electron chi connectivity index (χ4n) is 1.33. The Bertz CT molecular complexity index is 673. The van der Waals surface area contributed by atoms with E-state index in [9.17, 15) is 13.2 Å². The first-order valence-electron chi connectivity index (χ1n) is 4.99. The zero-order valence-corrected chi connectivity index (χ0v) is 11.5. The highest BCUT2D eigenvalue weighted by atomic mass is 79.9. The molecule has 1 aromatic carbocycles. The lowest BCUT2D eigenvalue weighted by atomic mass is 10.2. The molecule has 4 nitrogen and oxygen atoms in total. The Balaban J connectivity index is 2.41. The van der Waals surface area contributed by atoms with Crippen molar-refractivity contribution in [3.05, 3.63) is 53.0 Å². The number of nitrogens with zero attached hydrogens (tertiary/aromatic N) is 1. The Hall–Kier alpha value is -1.53. The second-order valence-corrected chi connectivity index (χ2v) is 5.95. The van der Waals surface area contributed by atoms with Gasteiger partial charge in [0.1, 0.15) is 0 Å². The van der Waals surface area contributed by atoms with Gasteiger partial charge in [-0.3, -0.25) is 4.79 Å². The molecule has 0 fully saturated rings. The quantitative estimate of drug-likeness (QED) is 0.783. The van der Waals surface area contributed by atoms with Crippen molar-refractivity contribution in [2.24, 2.45) is 4.40 Å². The first-order chi connectivity index (χ1) is 8.49. The average molecular weight is 326 g/mol. The van der Waals surface area contributed by atoms with Gasteiger partial charge in [0, 0.05) is 0 Å². The predicted molar refractivity (Wildman–Crippen MR) is 72.2 cm³/mol. The van der Waals surface area contributed by atoms with Gasteiger partial charge in [-0.2, -0.15) is 12.8 Å². The third-order valence-electron chi connectivity index (χ3n) is 2.18. The van der Waals surface area contributed by atoms with Crippen LogP contribution in [0.25, 0.3) is 0 Å². The van der Waals surface area contributed by atoms with Crippen molar-refractivity contribution in [3.63, 3.8) is 0 Å². The van der Waals surface area contributed by atoms with Crippen molar-refractivity contribution in [1.29, 1.82) is 0 Å². The van der Waals surface area contributed by atoms with Gasteiger partial charge in [-0.15, -0.1) is 0 Å². The maximum Gasteiger partial charge on any atom is 0.282 e. The summed E-state index contributed by atoms with van der Waals surface area (Å²) in [5, 5.41) is 0. The average Bonchev–Trinajstić information content (AvgIpc) is 2.35. The van der Waals surface area contributed by atoms with Crippen LogP contribution in [0.2, 0.25) is 0 Å². The summed E-state index contributed by atoms with van der Waals surface area (Å²) in [6.45, 7) is 0. The standard InChI is InChI=1S/C12H8BrNO3S/c13-11-8-9(6-7-12(11)15)14-18(16,17)10-4-2-1-3-5-10/h1-8H/b14-9-. The highest BCUT2D eigenvalue weighted by Gasteiger charge is 2.15. The van der Waals surface area contributed by atoms with Gasteiger partial charge in [0.25, 0.3) is 10.0 Å². The maximum atomic E-state index is 11.9. The van der Waals surface area contributed by atoms with Crippen molar-refractivity contribution in [1.82, 2.24) is 0 Å². The van der Waals surface area contributed by atoms with Crippen LogP contribution in [0, 0.1) is 0 Å². The third-order valence-corrected chi connectivity index (χ3v) is 4.12. The van der Waals surface area contributed by atoms with Crippen molar-refractivity contribution in [3.8, 4) is 0 Å². The zero-order chi connectivity index (χ0) is 13.2. The van der Waals surface area contributed by atoms with E-state index in [0.717, 1.165) is 0 Å². The number of ketones is 1. The minimum absolute atomic E-state index is 0.118. The van der Waals surface area contributed by atoms with Crippen LogP contribution in [0.15, 0.2) is 62.3 Å². The number of carbonyl (C=O) groups is 1. The lowest BCUT2D eigenvalue weighted by Crippen LogP contribution is -2.06. The van der Waals surface area contributed by atoms with Crippen LogP contribution in [0.3, 0.4) is 0 Å². The van der Waals surface area contributed by atoms with Crippen LogP contribution in [0.1, 0.15) is 0 Å². The number of allylic oxidation sites excluding steroid dienone is 4. The van der Waals surface area contributed by atoms with Crippen LogP contribution in [0.4, 0.5) is 0 Å². The molecule has 1 aliphatic carbocycles. The molecule has 0 radical (unpaired) electrons. The molecule has 18 heavy (non-hydrogen) atoms. The molecule has 1 aromatic rings. The Labute approximate surface area is 113 Å². The lowest BCUT2D eigenvalue weighted by Gasteiger charge is -2.03. The zero-order valence-electron chi connectivity index (χ0n) is 9.08. The van der Waals surface area contributed by atoms with Crippen molar-refractivity contribution >= 4 is 37.4 Å². The summed E-state index contributed by atoms with van der Waals surface area (Å²) in [4.78, 5) is 11.3. The van der Waals surface area contributed by atoms with Crippen LogP contribution >= 0.6 is 15.9 Å². The summed E-state index contributed by atoms with van der Waals surface area (Å²) in [5.41, 5.74) is 0.213. The first kappa shape index (κ1) is 12.9. The summed E-state index contributed by atoms with van der Waals surface area (Å²) in [6, 6.07) is 7.91. The molecular formula is C12H8BrNO3S. The smallest absolute Gasteiger partial charge is 0.282 e. The first-order valence-corrected chi connectivity index (χ1v) is 7.22. The third kappa shape index (κ3) is 2.83. The molecule has 0 spiro atoms. The fourth-order valence-corrected chi connectivity index (χ4v) is 2.69. The van der Waals surface area contributed by atoms with E-state index < -0.39 is 10.0 Å². The normalized spacial score (nSPS) is 17.9. The summed E-state index contributed by atoms with van der Waals surface area (Å²) in [6.07, 6.45) is 4.01. The minimum atomic E-state index is -3.74. The number of hydrogen-bond donors (Lipinski definition) is 0. The number of carbonyl (C=O) groups excluding carboxylic acids is 1. The highest BCUT2D eigenvalue weighted by Crippen LogP contribution is 2.16. The van der Waals surface area contributed by atoms with Crippen molar-refractivity contribution in [2.45, 2.75) is 4.90 Å². The molecule has 0 unspecified atom stereocenters. The monoisotopic (exact) mass is 325 g/mol. The van der Waals surface area contributed by atoms with Crippen LogP contribution in [-0.2, 0) is 14.8 Å². The molecule has 6 heteroatoms. The van der Waals surface area contributed by atoms with Gasteiger partial charge in [-0.05, 0) is 46.3 Å². The van der Waals surface area contributed by atoms with Crippen molar-refractivity contribution < 1.29 is 13.2 Å². The Morgan fingerprint density at radius 2 is 1.72 bits per heavy atom. The van der Waals surface area contributed by atoms with Gasteiger partial charge < -0.3 is 0 Å². The van der Waals surface area contributed by atoms with Gasteiger partial charge in [-0.1, -0.05) is 18.2 Å². The Kier molecular flexibility index (Phi) is 3.58. The van der Waals surface area contributed by atoms with E-state index in [1.807, 2.05) is 0 Å². The molecule has 0 amide bonds. The van der Waals surface area contributed by atoms with Gasteiger partial charge in [0.15, 0.2) is 5.78 Å². The molecule has 0 heterocycles. The molecular weight excluding hydrogens is 318 g/mol. The molecule has 0 aliphatic heterocycles. The number of rotatable bonds is 2. The Morgan fingerprint density at radius 3 is 2.33 bits per heavy atom. The van der Waals surface area contributed by atoms with E-state index in [1.165, 1.54) is 30.4 Å². The molecule has 92 valence electrons. The second kappa shape index (κ2) is 4.99. The number of sulfonamides is 1. The summed E-state index contributed by atoms with van der Waals surface area (Å²) >= 11 is 3.04. The van der Waals surface area contributed by atoms with E-state index in [2.05, 4.69) is 20.3 Å². The van der Waals surface area contributed by atoms with Crippen LogP contribution in [0.5, 0.6) is 0 Å². The van der Waals surface area contributed by atoms with Crippen molar-refractivity contribution in [2.75, 3.05) is 0 Å². The molecule has 1 aliphatic rings. The minimum Gasteiger partial charge on any atom is -0.289 e. The predicted octanol–water partition coefficient (Wildman–Crippen LogP) is 2.23. The van der Waals surface area contributed by atoms with Crippen LogP contribution in [-0.4, -0.2) is 19.9 Å². The van der Waals surface area contributed by atoms with Gasteiger partial charge in [-0.25, -0.2) is 0 Å². The topological polar surface area (TPSA) is 63.6 Å². The molecule has 0 N–H and O–H groups in total. The summed E-state index contributed by atoms with van der Waals surface area (Å²) in [5.74, 6) is -0.217. The second-order valence-electron chi connectivity index (χ2n) is 3.49. The lowest BCUT2D eigenvalue weighted by molar-refractivity contribution is -0.110. The van der Waals surface area contributed by atoms with E-state index >= 15 is 0 Å². The fraction of sp³-hybridized carbons (Fsp3) is 0. The molecule has 0 bridgehead atoms.